The maximum absolute atomic E-state index is 10.2. The van der Waals surface area contributed by atoms with Crippen molar-refractivity contribution in [3.63, 3.8) is 0 Å². The third-order valence-corrected chi connectivity index (χ3v) is 4.78. The van der Waals surface area contributed by atoms with Crippen molar-refractivity contribution in [2.45, 2.75) is 26.3 Å². The maximum Gasteiger partial charge on any atom is 0.231 e. The van der Waals surface area contributed by atoms with E-state index in [-0.39, 0.29) is 6.79 Å². The highest BCUT2D eigenvalue weighted by atomic mass is 16.7. The van der Waals surface area contributed by atoms with Gasteiger partial charge < -0.3 is 14.6 Å². The normalized spacial score (nSPS) is 16.9. The van der Waals surface area contributed by atoms with Gasteiger partial charge in [0, 0.05) is 6.54 Å². The van der Waals surface area contributed by atoms with Crippen molar-refractivity contribution in [3.8, 4) is 28.4 Å². The highest BCUT2D eigenvalue weighted by Crippen LogP contribution is 2.40. The summed E-state index contributed by atoms with van der Waals surface area (Å²) in [7, 11) is 0. The molecule has 2 aromatic rings. The van der Waals surface area contributed by atoms with Gasteiger partial charge in [-0.25, -0.2) is 0 Å². The predicted octanol–water partition coefficient (Wildman–Crippen LogP) is 3.69. The smallest absolute Gasteiger partial charge is 0.231 e. The predicted molar refractivity (Wildman–Crippen MR) is 88.9 cm³/mol. The quantitative estimate of drug-likeness (QED) is 0.938. The van der Waals surface area contributed by atoms with Gasteiger partial charge in [-0.15, -0.1) is 0 Å². The van der Waals surface area contributed by atoms with E-state index in [2.05, 4.69) is 4.90 Å². The number of ether oxygens (including phenoxy) is 2. The fraction of sp³-hybridized carbons (Fsp3) is 0.368. The SMILES string of the molecule is Cc1c(O)ccc(CN2CCCC2)c1-c1ccc2c(c1)OCO2. The van der Waals surface area contributed by atoms with Crippen molar-refractivity contribution in [1.82, 2.24) is 4.90 Å². The Morgan fingerprint density at radius 1 is 1.04 bits per heavy atom. The number of nitrogens with zero attached hydrogens (tertiary/aromatic N) is 1. The fourth-order valence-corrected chi connectivity index (χ4v) is 3.52. The van der Waals surface area contributed by atoms with Gasteiger partial charge in [-0.2, -0.15) is 0 Å². The summed E-state index contributed by atoms with van der Waals surface area (Å²) >= 11 is 0. The van der Waals surface area contributed by atoms with Crippen LogP contribution in [0.1, 0.15) is 24.0 Å². The van der Waals surface area contributed by atoms with Crippen molar-refractivity contribution in [2.75, 3.05) is 19.9 Å². The first kappa shape index (κ1) is 14.4. The van der Waals surface area contributed by atoms with Crippen LogP contribution < -0.4 is 9.47 Å². The summed E-state index contributed by atoms with van der Waals surface area (Å²) in [5, 5.41) is 10.2. The molecular weight excluding hydrogens is 290 g/mol. The summed E-state index contributed by atoms with van der Waals surface area (Å²) in [6, 6.07) is 9.85. The molecule has 0 radical (unpaired) electrons. The summed E-state index contributed by atoms with van der Waals surface area (Å²) in [6.45, 7) is 5.48. The molecule has 4 rings (SSSR count). The first-order valence-corrected chi connectivity index (χ1v) is 8.16. The molecular formula is C19H21NO3. The Kier molecular flexibility index (Phi) is 3.62. The number of fused-ring (bicyclic) bond motifs is 1. The average Bonchev–Trinajstić information content (AvgIpc) is 3.21. The third kappa shape index (κ3) is 2.63. The molecule has 0 aliphatic carbocycles. The Hall–Kier alpha value is -2.20. The molecule has 2 aliphatic rings. The van der Waals surface area contributed by atoms with E-state index >= 15 is 0 Å². The van der Waals surface area contributed by atoms with Crippen LogP contribution in [-0.2, 0) is 6.54 Å². The van der Waals surface area contributed by atoms with E-state index in [1.807, 2.05) is 31.2 Å². The van der Waals surface area contributed by atoms with Gasteiger partial charge in [0.15, 0.2) is 11.5 Å². The molecule has 0 amide bonds. The van der Waals surface area contributed by atoms with Crippen LogP contribution in [0.5, 0.6) is 17.2 Å². The molecule has 0 atom stereocenters. The van der Waals surface area contributed by atoms with E-state index in [1.165, 1.54) is 18.4 Å². The Morgan fingerprint density at radius 3 is 2.65 bits per heavy atom. The molecule has 4 heteroatoms. The van der Waals surface area contributed by atoms with Crippen molar-refractivity contribution < 1.29 is 14.6 Å². The van der Waals surface area contributed by atoms with Crippen LogP contribution in [-0.4, -0.2) is 29.9 Å². The molecule has 1 N–H and O–H groups in total. The summed E-state index contributed by atoms with van der Waals surface area (Å²) in [5.41, 5.74) is 4.34. The van der Waals surface area contributed by atoms with Crippen molar-refractivity contribution in [2.24, 2.45) is 0 Å². The van der Waals surface area contributed by atoms with E-state index in [0.29, 0.717) is 5.75 Å². The molecule has 0 spiro atoms. The number of rotatable bonds is 3. The fourth-order valence-electron chi connectivity index (χ4n) is 3.52. The van der Waals surface area contributed by atoms with Crippen LogP contribution in [0.2, 0.25) is 0 Å². The Balaban J connectivity index is 1.77. The number of benzene rings is 2. The minimum absolute atomic E-state index is 0.276. The molecule has 1 saturated heterocycles. The second-order valence-electron chi connectivity index (χ2n) is 6.30. The number of hydrogen-bond acceptors (Lipinski definition) is 4. The zero-order chi connectivity index (χ0) is 15.8. The van der Waals surface area contributed by atoms with Crippen LogP contribution in [0.4, 0.5) is 0 Å². The lowest BCUT2D eigenvalue weighted by Gasteiger charge is -2.20. The van der Waals surface area contributed by atoms with Crippen LogP contribution >= 0.6 is 0 Å². The molecule has 0 bridgehead atoms. The largest absolute Gasteiger partial charge is 0.508 e. The molecule has 2 aromatic carbocycles. The lowest BCUT2D eigenvalue weighted by atomic mass is 9.93. The van der Waals surface area contributed by atoms with Gasteiger partial charge in [-0.3, -0.25) is 4.90 Å². The van der Waals surface area contributed by atoms with Crippen LogP contribution in [0, 0.1) is 6.92 Å². The zero-order valence-corrected chi connectivity index (χ0v) is 13.3. The van der Waals surface area contributed by atoms with Gasteiger partial charge in [-0.1, -0.05) is 12.1 Å². The molecule has 0 aromatic heterocycles. The van der Waals surface area contributed by atoms with Crippen LogP contribution in [0.25, 0.3) is 11.1 Å². The number of phenolic OH excluding ortho intramolecular Hbond substituents is 1. The van der Waals surface area contributed by atoms with Gasteiger partial charge in [0.2, 0.25) is 6.79 Å². The van der Waals surface area contributed by atoms with Gasteiger partial charge in [-0.05, 0) is 73.3 Å². The van der Waals surface area contributed by atoms with Crippen molar-refractivity contribution >= 4 is 0 Å². The molecule has 2 aliphatic heterocycles. The van der Waals surface area contributed by atoms with E-state index < -0.39 is 0 Å². The first-order chi connectivity index (χ1) is 11.2. The summed E-state index contributed by atoms with van der Waals surface area (Å²) in [6.07, 6.45) is 2.55. The second kappa shape index (κ2) is 5.78. The molecule has 0 saturated carbocycles. The first-order valence-electron chi connectivity index (χ1n) is 8.16. The van der Waals surface area contributed by atoms with Gasteiger partial charge in [0.25, 0.3) is 0 Å². The molecule has 0 unspecified atom stereocenters. The lowest BCUT2D eigenvalue weighted by Crippen LogP contribution is -2.19. The highest BCUT2D eigenvalue weighted by molar-refractivity contribution is 5.75. The topological polar surface area (TPSA) is 41.9 Å². The standard InChI is InChI=1S/C19H21NO3/c1-13-16(21)6-4-15(11-20-8-2-3-9-20)19(13)14-5-7-17-18(10-14)23-12-22-17/h4-7,10,21H,2-3,8-9,11-12H2,1H3. The lowest BCUT2D eigenvalue weighted by molar-refractivity contribution is 0.174. The average molecular weight is 311 g/mol. The van der Waals surface area contributed by atoms with Crippen molar-refractivity contribution in [3.05, 3.63) is 41.5 Å². The Morgan fingerprint density at radius 2 is 1.83 bits per heavy atom. The summed E-state index contributed by atoms with van der Waals surface area (Å²) < 4.78 is 10.9. The van der Waals surface area contributed by atoms with Gasteiger partial charge in [0.05, 0.1) is 0 Å². The molecule has 120 valence electrons. The van der Waals surface area contributed by atoms with E-state index in [9.17, 15) is 5.11 Å². The number of aromatic hydroxyl groups is 1. The van der Waals surface area contributed by atoms with E-state index in [1.54, 1.807) is 6.07 Å². The molecule has 23 heavy (non-hydrogen) atoms. The maximum atomic E-state index is 10.2. The Bertz CT molecular complexity index is 736. The summed E-state index contributed by atoms with van der Waals surface area (Å²) in [4.78, 5) is 2.47. The minimum Gasteiger partial charge on any atom is -0.508 e. The molecule has 1 fully saturated rings. The summed E-state index contributed by atoms with van der Waals surface area (Å²) in [5.74, 6) is 1.90. The van der Waals surface area contributed by atoms with Crippen molar-refractivity contribution in [1.29, 1.82) is 0 Å². The zero-order valence-electron chi connectivity index (χ0n) is 13.3. The highest BCUT2D eigenvalue weighted by Gasteiger charge is 2.20. The molecule has 4 nitrogen and oxygen atoms in total. The van der Waals surface area contributed by atoms with E-state index in [4.69, 9.17) is 9.47 Å². The molecule has 2 heterocycles. The van der Waals surface area contributed by atoms with E-state index in [0.717, 1.165) is 47.8 Å². The van der Waals surface area contributed by atoms with Crippen LogP contribution in [0.15, 0.2) is 30.3 Å². The number of likely N-dealkylation sites (tertiary alicyclic amines) is 1. The minimum atomic E-state index is 0.276. The Labute approximate surface area is 136 Å². The third-order valence-electron chi connectivity index (χ3n) is 4.78. The monoisotopic (exact) mass is 311 g/mol. The number of hydrogen-bond donors (Lipinski definition) is 1. The second-order valence-corrected chi connectivity index (χ2v) is 6.30. The van der Waals surface area contributed by atoms with Gasteiger partial charge in [0.1, 0.15) is 5.75 Å². The van der Waals surface area contributed by atoms with Crippen LogP contribution in [0.3, 0.4) is 0 Å². The van der Waals surface area contributed by atoms with Gasteiger partial charge >= 0.3 is 0 Å². The number of phenols is 1.